The number of hydrogen-bond acceptors (Lipinski definition) is 5. The third kappa shape index (κ3) is 2.34. The van der Waals surface area contributed by atoms with E-state index in [1.807, 2.05) is 6.07 Å². The third-order valence-electron chi connectivity index (χ3n) is 2.81. The molecule has 0 unspecified atom stereocenters. The Morgan fingerprint density at radius 1 is 1.53 bits per heavy atom. The van der Waals surface area contributed by atoms with Crippen molar-refractivity contribution in [1.82, 2.24) is 0 Å². The van der Waals surface area contributed by atoms with Crippen molar-refractivity contribution in [2.45, 2.75) is 25.0 Å². The SMILES string of the molecule is N#Cc1cc([N+](=O)[O-])ccc1NC1CC(O)C1. The first-order valence-electron chi connectivity index (χ1n) is 5.23. The van der Waals surface area contributed by atoms with Crippen molar-refractivity contribution < 1.29 is 10.0 Å². The zero-order valence-corrected chi connectivity index (χ0v) is 8.96. The van der Waals surface area contributed by atoms with Crippen LogP contribution in [0.2, 0.25) is 0 Å². The fourth-order valence-electron chi connectivity index (χ4n) is 1.79. The first-order chi connectivity index (χ1) is 8.10. The van der Waals surface area contributed by atoms with Crippen molar-refractivity contribution in [3.05, 3.63) is 33.9 Å². The van der Waals surface area contributed by atoms with Crippen LogP contribution < -0.4 is 5.32 Å². The highest BCUT2D eigenvalue weighted by Crippen LogP contribution is 2.27. The smallest absolute Gasteiger partial charge is 0.270 e. The molecule has 2 N–H and O–H groups in total. The van der Waals surface area contributed by atoms with Gasteiger partial charge < -0.3 is 10.4 Å². The summed E-state index contributed by atoms with van der Waals surface area (Å²) in [4.78, 5) is 10.0. The number of aliphatic hydroxyl groups is 1. The highest BCUT2D eigenvalue weighted by molar-refractivity contribution is 5.61. The van der Waals surface area contributed by atoms with E-state index in [0.717, 1.165) is 0 Å². The number of nitrogens with zero attached hydrogens (tertiary/aromatic N) is 2. The van der Waals surface area contributed by atoms with Crippen LogP contribution in [0.25, 0.3) is 0 Å². The number of nitriles is 1. The molecule has 0 atom stereocenters. The molecular formula is C11H11N3O3. The Morgan fingerprint density at radius 2 is 2.24 bits per heavy atom. The standard InChI is InChI=1S/C11H11N3O3/c12-6-7-3-9(14(16)17)1-2-11(7)13-8-4-10(15)5-8/h1-3,8,10,13,15H,4-5H2. The molecule has 0 heterocycles. The van der Waals surface area contributed by atoms with Crippen molar-refractivity contribution in [3.63, 3.8) is 0 Å². The van der Waals surface area contributed by atoms with Gasteiger partial charge in [0.2, 0.25) is 0 Å². The van der Waals surface area contributed by atoms with Gasteiger partial charge in [0, 0.05) is 18.2 Å². The van der Waals surface area contributed by atoms with Gasteiger partial charge in [0.1, 0.15) is 6.07 Å². The lowest BCUT2D eigenvalue weighted by Crippen LogP contribution is -2.39. The number of aliphatic hydroxyl groups excluding tert-OH is 1. The van der Waals surface area contributed by atoms with Gasteiger partial charge >= 0.3 is 0 Å². The Hall–Kier alpha value is -2.13. The predicted molar refractivity (Wildman–Crippen MR) is 60.5 cm³/mol. The Morgan fingerprint density at radius 3 is 2.76 bits per heavy atom. The molecule has 1 aromatic rings. The summed E-state index contributed by atoms with van der Waals surface area (Å²) >= 11 is 0. The van der Waals surface area contributed by atoms with E-state index in [4.69, 9.17) is 10.4 Å². The molecule has 6 heteroatoms. The van der Waals surface area contributed by atoms with Gasteiger partial charge in [-0.1, -0.05) is 0 Å². The Kier molecular flexibility index (Phi) is 2.93. The molecular weight excluding hydrogens is 222 g/mol. The molecule has 1 aromatic carbocycles. The summed E-state index contributed by atoms with van der Waals surface area (Å²) in [7, 11) is 0. The molecule has 1 aliphatic carbocycles. The van der Waals surface area contributed by atoms with E-state index in [9.17, 15) is 10.1 Å². The van der Waals surface area contributed by atoms with Crippen LogP contribution in [0.3, 0.4) is 0 Å². The fraction of sp³-hybridized carbons (Fsp3) is 0.364. The van der Waals surface area contributed by atoms with Crippen molar-refractivity contribution in [2.24, 2.45) is 0 Å². The summed E-state index contributed by atoms with van der Waals surface area (Å²) in [5.74, 6) is 0. The molecule has 6 nitrogen and oxygen atoms in total. The number of nitro groups is 1. The summed E-state index contributed by atoms with van der Waals surface area (Å²) in [5.41, 5.74) is 0.733. The molecule has 1 fully saturated rings. The van der Waals surface area contributed by atoms with Crippen molar-refractivity contribution in [2.75, 3.05) is 5.32 Å². The van der Waals surface area contributed by atoms with Crippen molar-refractivity contribution in [3.8, 4) is 6.07 Å². The highest BCUT2D eigenvalue weighted by Gasteiger charge is 2.27. The molecule has 0 spiro atoms. The second-order valence-electron chi connectivity index (χ2n) is 4.07. The second-order valence-corrected chi connectivity index (χ2v) is 4.07. The molecule has 0 saturated heterocycles. The van der Waals surface area contributed by atoms with Crippen LogP contribution >= 0.6 is 0 Å². The maximum atomic E-state index is 10.6. The van der Waals surface area contributed by atoms with Crippen LogP contribution in [0.1, 0.15) is 18.4 Å². The van der Waals surface area contributed by atoms with Crippen LogP contribution in [0.5, 0.6) is 0 Å². The molecule has 2 rings (SSSR count). The van der Waals surface area contributed by atoms with E-state index in [1.54, 1.807) is 0 Å². The Bertz CT molecular complexity index is 489. The average Bonchev–Trinajstić information content (AvgIpc) is 2.27. The molecule has 17 heavy (non-hydrogen) atoms. The second kappa shape index (κ2) is 4.39. The lowest BCUT2D eigenvalue weighted by Gasteiger charge is -2.33. The number of hydrogen-bond donors (Lipinski definition) is 2. The summed E-state index contributed by atoms with van der Waals surface area (Å²) in [6, 6.07) is 6.20. The minimum absolute atomic E-state index is 0.0965. The van der Waals surface area contributed by atoms with E-state index in [0.29, 0.717) is 18.5 Å². The highest BCUT2D eigenvalue weighted by atomic mass is 16.6. The van der Waals surface area contributed by atoms with E-state index in [1.165, 1.54) is 18.2 Å². The molecule has 0 radical (unpaired) electrons. The first-order valence-corrected chi connectivity index (χ1v) is 5.23. The number of rotatable bonds is 3. The quantitative estimate of drug-likeness (QED) is 0.607. The summed E-state index contributed by atoms with van der Waals surface area (Å²) in [5, 5.41) is 31.7. The minimum Gasteiger partial charge on any atom is -0.393 e. The molecule has 0 bridgehead atoms. The predicted octanol–water partition coefficient (Wildman–Crippen LogP) is 1.40. The Balaban J connectivity index is 2.17. The molecule has 1 aliphatic rings. The van der Waals surface area contributed by atoms with Crippen LogP contribution in [-0.2, 0) is 0 Å². The average molecular weight is 233 g/mol. The van der Waals surface area contributed by atoms with Gasteiger partial charge in [0.05, 0.1) is 22.3 Å². The van der Waals surface area contributed by atoms with Gasteiger partial charge in [-0.3, -0.25) is 10.1 Å². The van der Waals surface area contributed by atoms with Crippen LogP contribution in [-0.4, -0.2) is 22.2 Å². The Labute approximate surface area is 97.6 Å². The zero-order chi connectivity index (χ0) is 12.4. The zero-order valence-electron chi connectivity index (χ0n) is 8.96. The minimum atomic E-state index is -0.530. The number of anilines is 1. The van der Waals surface area contributed by atoms with Crippen molar-refractivity contribution in [1.29, 1.82) is 5.26 Å². The largest absolute Gasteiger partial charge is 0.393 e. The molecule has 0 aromatic heterocycles. The van der Waals surface area contributed by atoms with Crippen LogP contribution in [0.4, 0.5) is 11.4 Å². The number of nitrogens with one attached hydrogen (secondary N) is 1. The van der Waals surface area contributed by atoms with E-state index in [-0.39, 0.29) is 23.4 Å². The van der Waals surface area contributed by atoms with E-state index in [2.05, 4.69) is 5.32 Å². The van der Waals surface area contributed by atoms with Gasteiger partial charge in [0.25, 0.3) is 5.69 Å². The van der Waals surface area contributed by atoms with Gasteiger partial charge in [-0.05, 0) is 18.9 Å². The molecule has 0 amide bonds. The summed E-state index contributed by atoms with van der Waals surface area (Å²) < 4.78 is 0. The third-order valence-corrected chi connectivity index (χ3v) is 2.81. The van der Waals surface area contributed by atoms with Crippen molar-refractivity contribution >= 4 is 11.4 Å². The lowest BCUT2D eigenvalue weighted by atomic mass is 9.89. The maximum Gasteiger partial charge on any atom is 0.270 e. The normalized spacial score (nSPS) is 22.4. The summed E-state index contributed by atoms with van der Waals surface area (Å²) in [6.07, 6.45) is 1.00. The van der Waals surface area contributed by atoms with Gasteiger partial charge in [0.15, 0.2) is 0 Å². The van der Waals surface area contributed by atoms with Gasteiger partial charge in [-0.25, -0.2) is 0 Å². The fourth-order valence-corrected chi connectivity index (χ4v) is 1.79. The summed E-state index contributed by atoms with van der Waals surface area (Å²) in [6.45, 7) is 0. The molecule has 0 aliphatic heterocycles. The number of non-ortho nitro benzene ring substituents is 1. The van der Waals surface area contributed by atoms with Gasteiger partial charge in [-0.2, -0.15) is 5.26 Å². The lowest BCUT2D eigenvalue weighted by molar-refractivity contribution is -0.384. The van der Waals surface area contributed by atoms with E-state index >= 15 is 0 Å². The van der Waals surface area contributed by atoms with Crippen LogP contribution in [0, 0.1) is 21.4 Å². The molecule has 1 saturated carbocycles. The number of nitro benzene ring substituents is 1. The van der Waals surface area contributed by atoms with Gasteiger partial charge in [-0.15, -0.1) is 0 Å². The maximum absolute atomic E-state index is 10.6. The van der Waals surface area contributed by atoms with E-state index < -0.39 is 4.92 Å². The number of benzene rings is 1. The monoisotopic (exact) mass is 233 g/mol. The van der Waals surface area contributed by atoms with Crippen LogP contribution in [0.15, 0.2) is 18.2 Å². The first kappa shape index (κ1) is 11.4. The topological polar surface area (TPSA) is 99.2 Å². The molecule has 88 valence electrons.